The minimum absolute atomic E-state index is 0.134. The largest absolute Gasteiger partial charge is 0.491 e. The third-order valence-corrected chi connectivity index (χ3v) is 3.85. The average molecular weight is 324 g/mol. The van der Waals surface area contributed by atoms with E-state index < -0.39 is 0 Å². The molecular formula is C17H19Cl2NO. The van der Waals surface area contributed by atoms with Crippen molar-refractivity contribution in [1.29, 1.82) is 0 Å². The van der Waals surface area contributed by atoms with Crippen LogP contribution in [0.15, 0.2) is 42.5 Å². The Morgan fingerprint density at radius 2 is 1.67 bits per heavy atom. The van der Waals surface area contributed by atoms with Crippen LogP contribution in [0.5, 0.6) is 5.75 Å². The van der Waals surface area contributed by atoms with Crippen LogP contribution in [0, 0.1) is 0 Å². The SMILES string of the molecule is CC(C)Oc1cccc(C(N)Cc2c(Cl)cccc2Cl)c1. The molecule has 2 rings (SSSR count). The first kappa shape index (κ1) is 16.2. The predicted octanol–water partition coefficient (Wildman–Crippen LogP) is 5.02. The molecular weight excluding hydrogens is 305 g/mol. The van der Waals surface area contributed by atoms with Crippen LogP contribution in [-0.4, -0.2) is 6.10 Å². The molecule has 0 bridgehead atoms. The summed E-state index contributed by atoms with van der Waals surface area (Å²) in [5.41, 5.74) is 8.17. The van der Waals surface area contributed by atoms with Gasteiger partial charge in [-0.15, -0.1) is 0 Å². The first-order valence-corrected chi connectivity index (χ1v) is 7.68. The number of hydrogen-bond acceptors (Lipinski definition) is 2. The summed E-state index contributed by atoms with van der Waals surface area (Å²) in [5, 5.41) is 1.29. The van der Waals surface area contributed by atoms with Gasteiger partial charge in [0.05, 0.1) is 6.10 Å². The maximum absolute atomic E-state index is 6.29. The Morgan fingerprint density at radius 3 is 2.29 bits per heavy atom. The molecule has 0 aliphatic heterocycles. The molecule has 1 atom stereocenters. The lowest BCUT2D eigenvalue weighted by Gasteiger charge is -2.16. The Bertz CT molecular complexity index is 593. The summed E-state index contributed by atoms with van der Waals surface area (Å²) in [6, 6.07) is 13.1. The summed E-state index contributed by atoms with van der Waals surface area (Å²) >= 11 is 12.4. The van der Waals surface area contributed by atoms with E-state index in [1.165, 1.54) is 0 Å². The zero-order chi connectivity index (χ0) is 15.4. The Hall–Kier alpha value is -1.22. The van der Waals surface area contributed by atoms with Gasteiger partial charge in [-0.2, -0.15) is 0 Å². The number of nitrogens with two attached hydrogens (primary N) is 1. The molecule has 0 aliphatic carbocycles. The fraction of sp³-hybridized carbons (Fsp3) is 0.294. The minimum Gasteiger partial charge on any atom is -0.491 e. The maximum Gasteiger partial charge on any atom is 0.120 e. The molecule has 0 spiro atoms. The molecule has 0 saturated heterocycles. The van der Waals surface area contributed by atoms with E-state index in [0.29, 0.717) is 16.5 Å². The number of ether oxygens (including phenoxy) is 1. The number of benzene rings is 2. The topological polar surface area (TPSA) is 35.2 Å². The van der Waals surface area contributed by atoms with Crippen molar-refractivity contribution in [3.63, 3.8) is 0 Å². The highest BCUT2D eigenvalue weighted by Gasteiger charge is 2.13. The van der Waals surface area contributed by atoms with E-state index in [-0.39, 0.29) is 12.1 Å². The Kier molecular flexibility index (Phi) is 5.51. The predicted molar refractivity (Wildman–Crippen MR) is 89.3 cm³/mol. The lowest BCUT2D eigenvalue weighted by atomic mass is 9.99. The number of hydrogen-bond donors (Lipinski definition) is 1. The van der Waals surface area contributed by atoms with Crippen LogP contribution in [0.2, 0.25) is 10.0 Å². The van der Waals surface area contributed by atoms with Gasteiger partial charge in [0, 0.05) is 16.1 Å². The van der Waals surface area contributed by atoms with Crippen molar-refractivity contribution in [3.05, 3.63) is 63.6 Å². The summed E-state index contributed by atoms with van der Waals surface area (Å²) < 4.78 is 5.69. The van der Waals surface area contributed by atoms with E-state index in [2.05, 4.69) is 0 Å². The van der Waals surface area contributed by atoms with Crippen molar-refractivity contribution in [1.82, 2.24) is 0 Å². The highest BCUT2D eigenvalue weighted by atomic mass is 35.5. The molecule has 4 heteroatoms. The van der Waals surface area contributed by atoms with Gasteiger partial charge in [0.15, 0.2) is 0 Å². The van der Waals surface area contributed by atoms with E-state index in [9.17, 15) is 0 Å². The van der Waals surface area contributed by atoms with Crippen molar-refractivity contribution >= 4 is 23.2 Å². The van der Waals surface area contributed by atoms with Crippen LogP contribution >= 0.6 is 23.2 Å². The summed E-state index contributed by atoms with van der Waals surface area (Å²) in [6.07, 6.45) is 0.721. The summed E-state index contributed by atoms with van der Waals surface area (Å²) in [7, 11) is 0. The molecule has 2 aromatic carbocycles. The molecule has 1 unspecified atom stereocenters. The van der Waals surface area contributed by atoms with Crippen molar-refractivity contribution < 1.29 is 4.74 Å². The molecule has 0 heterocycles. The zero-order valence-corrected chi connectivity index (χ0v) is 13.7. The van der Waals surface area contributed by atoms with Crippen molar-refractivity contribution in [2.24, 2.45) is 5.73 Å². The Morgan fingerprint density at radius 1 is 1.05 bits per heavy atom. The lowest BCUT2D eigenvalue weighted by molar-refractivity contribution is 0.242. The molecule has 2 N–H and O–H groups in total. The normalized spacial score (nSPS) is 12.5. The molecule has 0 amide bonds. The second-order valence-electron chi connectivity index (χ2n) is 5.25. The first-order valence-electron chi connectivity index (χ1n) is 6.92. The molecule has 0 aliphatic rings. The summed E-state index contributed by atoms with van der Waals surface area (Å²) in [4.78, 5) is 0. The van der Waals surface area contributed by atoms with Crippen LogP contribution < -0.4 is 10.5 Å². The van der Waals surface area contributed by atoms with Gasteiger partial charge < -0.3 is 10.5 Å². The minimum atomic E-state index is -0.182. The van der Waals surface area contributed by atoms with Gasteiger partial charge >= 0.3 is 0 Å². The molecule has 0 aromatic heterocycles. The molecule has 2 aromatic rings. The standard InChI is InChI=1S/C17H19Cl2NO/c1-11(2)21-13-6-3-5-12(9-13)17(20)10-14-15(18)7-4-8-16(14)19/h3-9,11,17H,10,20H2,1-2H3. The summed E-state index contributed by atoms with van der Waals surface area (Å²) in [5.74, 6) is 0.822. The van der Waals surface area contributed by atoms with Crippen LogP contribution in [0.4, 0.5) is 0 Å². The quantitative estimate of drug-likeness (QED) is 0.838. The van der Waals surface area contributed by atoms with Gasteiger partial charge in [0.25, 0.3) is 0 Å². The Labute approximate surface area is 135 Å². The van der Waals surface area contributed by atoms with Crippen molar-refractivity contribution in [3.8, 4) is 5.75 Å². The van der Waals surface area contributed by atoms with E-state index >= 15 is 0 Å². The highest BCUT2D eigenvalue weighted by Crippen LogP contribution is 2.29. The molecule has 0 fully saturated rings. The zero-order valence-electron chi connectivity index (χ0n) is 12.1. The fourth-order valence-electron chi connectivity index (χ4n) is 2.16. The second-order valence-corrected chi connectivity index (χ2v) is 6.06. The highest BCUT2D eigenvalue weighted by molar-refractivity contribution is 6.36. The molecule has 2 nitrogen and oxygen atoms in total. The van der Waals surface area contributed by atoms with Gasteiger partial charge in [-0.3, -0.25) is 0 Å². The van der Waals surface area contributed by atoms with E-state index in [4.69, 9.17) is 33.7 Å². The van der Waals surface area contributed by atoms with Gasteiger partial charge in [-0.05, 0) is 55.7 Å². The van der Waals surface area contributed by atoms with Crippen molar-refractivity contribution in [2.75, 3.05) is 0 Å². The Balaban J connectivity index is 2.18. The van der Waals surface area contributed by atoms with Gasteiger partial charge in [0.2, 0.25) is 0 Å². The first-order chi connectivity index (χ1) is 9.97. The van der Waals surface area contributed by atoms with Crippen LogP contribution in [0.3, 0.4) is 0 Å². The smallest absolute Gasteiger partial charge is 0.120 e. The molecule has 0 saturated carbocycles. The van der Waals surface area contributed by atoms with E-state index in [1.807, 2.05) is 56.3 Å². The second kappa shape index (κ2) is 7.17. The number of rotatable bonds is 5. The fourth-order valence-corrected chi connectivity index (χ4v) is 2.71. The molecule has 0 radical (unpaired) electrons. The lowest BCUT2D eigenvalue weighted by Crippen LogP contribution is -2.14. The van der Waals surface area contributed by atoms with E-state index in [1.54, 1.807) is 0 Å². The third kappa shape index (κ3) is 4.37. The van der Waals surface area contributed by atoms with E-state index in [0.717, 1.165) is 16.9 Å². The third-order valence-electron chi connectivity index (χ3n) is 3.14. The van der Waals surface area contributed by atoms with Crippen molar-refractivity contribution in [2.45, 2.75) is 32.4 Å². The van der Waals surface area contributed by atoms with Gasteiger partial charge in [-0.25, -0.2) is 0 Å². The average Bonchev–Trinajstić information content (AvgIpc) is 2.42. The van der Waals surface area contributed by atoms with Gasteiger partial charge in [-0.1, -0.05) is 41.4 Å². The molecule has 21 heavy (non-hydrogen) atoms. The number of halogens is 2. The molecule has 112 valence electrons. The monoisotopic (exact) mass is 323 g/mol. The van der Waals surface area contributed by atoms with Gasteiger partial charge in [0.1, 0.15) is 5.75 Å². The summed E-state index contributed by atoms with van der Waals surface area (Å²) in [6.45, 7) is 3.99. The van der Waals surface area contributed by atoms with Crippen LogP contribution in [0.25, 0.3) is 0 Å². The van der Waals surface area contributed by atoms with Crippen LogP contribution in [0.1, 0.15) is 31.0 Å². The van der Waals surface area contributed by atoms with Crippen LogP contribution in [-0.2, 0) is 6.42 Å². The maximum atomic E-state index is 6.29.